The molecule has 2 N–H and O–H groups in total. The Labute approximate surface area is 123 Å². The fourth-order valence-electron chi connectivity index (χ4n) is 2.29. The maximum absolute atomic E-state index is 5.76. The zero-order chi connectivity index (χ0) is 14.7. The molecule has 3 aromatic rings. The van der Waals surface area contributed by atoms with Crippen molar-refractivity contribution in [3.8, 4) is 11.5 Å². The average molecular weight is 279 g/mol. The Morgan fingerprint density at radius 3 is 2.62 bits per heavy atom. The molecule has 0 atom stereocenters. The molecule has 0 spiro atoms. The second-order valence-electron chi connectivity index (χ2n) is 5.08. The number of aromatic nitrogens is 2. The maximum atomic E-state index is 5.76. The van der Waals surface area contributed by atoms with Gasteiger partial charge in [0.1, 0.15) is 0 Å². The molecule has 0 aliphatic carbocycles. The van der Waals surface area contributed by atoms with Gasteiger partial charge >= 0.3 is 0 Å². The lowest BCUT2D eigenvalue weighted by molar-refractivity contribution is 0.422. The third kappa shape index (κ3) is 3.11. The minimum Gasteiger partial charge on any atom is -0.399 e. The number of benzene rings is 2. The predicted molar refractivity (Wildman–Crippen MR) is 82.7 cm³/mol. The monoisotopic (exact) mass is 279 g/mol. The Bertz CT molecular complexity index is 735. The normalized spacial score (nSPS) is 10.7. The molecule has 4 heteroatoms. The van der Waals surface area contributed by atoms with Crippen LogP contribution >= 0.6 is 0 Å². The average Bonchev–Trinajstić information content (AvgIpc) is 2.95. The molecule has 3 rings (SSSR count). The van der Waals surface area contributed by atoms with Gasteiger partial charge < -0.3 is 10.3 Å². The number of anilines is 1. The molecule has 0 aliphatic heterocycles. The molecule has 0 saturated heterocycles. The molecule has 0 saturated carbocycles. The number of hydrogen-bond donors (Lipinski definition) is 1. The summed E-state index contributed by atoms with van der Waals surface area (Å²) in [6.07, 6.45) is 1.67. The van der Waals surface area contributed by atoms with Crippen LogP contribution < -0.4 is 5.73 Å². The van der Waals surface area contributed by atoms with Crippen molar-refractivity contribution >= 4 is 5.69 Å². The largest absolute Gasteiger partial charge is 0.399 e. The van der Waals surface area contributed by atoms with E-state index in [-0.39, 0.29) is 0 Å². The third-order valence-corrected chi connectivity index (χ3v) is 3.43. The van der Waals surface area contributed by atoms with Gasteiger partial charge in [-0.3, -0.25) is 0 Å². The molecule has 0 aliphatic rings. The first-order chi connectivity index (χ1) is 10.2. The minimum atomic E-state index is 0.551. The summed E-state index contributed by atoms with van der Waals surface area (Å²) in [5, 5.41) is 4.05. The molecule has 1 heterocycles. The molecular weight excluding hydrogens is 262 g/mol. The summed E-state index contributed by atoms with van der Waals surface area (Å²) >= 11 is 0. The molecule has 2 aromatic carbocycles. The van der Waals surface area contributed by atoms with E-state index in [1.54, 1.807) is 0 Å². The van der Waals surface area contributed by atoms with Gasteiger partial charge in [-0.25, -0.2) is 0 Å². The smallest absolute Gasteiger partial charge is 0.258 e. The summed E-state index contributed by atoms with van der Waals surface area (Å²) < 4.78 is 5.36. The Hall–Kier alpha value is -2.62. The number of nitrogen functional groups attached to an aromatic ring is 1. The second kappa shape index (κ2) is 5.79. The highest BCUT2D eigenvalue weighted by molar-refractivity contribution is 5.62. The third-order valence-electron chi connectivity index (χ3n) is 3.43. The lowest BCUT2D eigenvalue weighted by Gasteiger charge is -2.01. The maximum Gasteiger partial charge on any atom is 0.258 e. The molecule has 1 aromatic heterocycles. The van der Waals surface area contributed by atoms with Crippen molar-refractivity contribution in [2.24, 2.45) is 0 Å². The van der Waals surface area contributed by atoms with Crippen molar-refractivity contribution in [3.63, 3.8) is 0 Å². The molecule has 0 amide bonds. The lowest BCUT2D eigenvalue weighted by Crippen LogP contribution is -1.93. The number of nitrogens with two attached hydrogens (primary N) is 1. The molecule has 0 bridgehead atoms. The van der Waals surface area contributed by atoms with Gasteiger partial charge in [-0.15, -0.1) is 0 Å². The Morgan fingerprint density at radius 2 is 1.86 bits per heavy atom. The molecule has 0 radical (unpaired) electrons. The van der Waals surface area contributed by atoms with E-state index in [0.717, 1.165) is 35.5 Å². The summed E-state index contributed by atoms with van der Waals surface area (Å²) in [5.74, 6) is 1.28. The van der Waals surface area contributed by atoms with Crippen LogP contribution in [0.1, 0.15) is 17.0 Å². The minimum absolute atomic E-state index is 0.551. The van der Waals surface area contributed by atoms with Crippen molar-refractivity contribution in [3.05, 3.63) is 65.5 Å². The van der Waals surface area contributed by atoms with Gasteiger partial charge in [-0.2, -0.15) is 4.98 Å². The Balaban J connectivity index is 1.74. The number of rotatable bonds is 4. The second-order valence-corrected chi connectivity index (χ2v) is 5.08. The van der Waals surface area contributed by atoms with Crippen LogP contribution in [-0.2, 0) is 12.8 Å². The Morgan fingerprint density at radius 1 is 1.05 bits per heavy atom. The van der Waals surface area contributed by atoms with Crippen molar-refractivity contribution in [1.29, 1.82) is 0 Å². The molecular formula is C17H17N3O. The number of nitrogens with zero attached hydrogens (tertiary/aromatic N) is 2. The fraction of sp³-hybridized carbons (Fsp3) is 0.176. The van der Waals surface area contributed by atoms with Crippen LogP contribution in [0.15, 0.2) is 53.1 Å². The topological polar surface area (TPSA) is 64.9 Å². The van der Waals surface area contributed by atoms with Gasteiger partial charge in [0.15, 0.2) is 5.82 Å². The summed E-state index contributed by atoms with van der Waals surface area (Å²) in [5.41, 5.74) is 9.73. The van der Waals surface area contributed by atoms with Gasteiger partial charge in [-0.05, 0) is 42.7 Å². The predicted octanol–water partition coefficient (Wildman–Crippen LogP) is 3.41. The van der Waals surface area contributed by atoms with E-state index in [0.29, 0.717) is 5.89 Å². The van der Waals surface area contributed by atoms with E-state index in [4.69, 9.17) is 10.3 Å². The van der Waals surface area contributed by atoms with Crippen molar-refractivity contribution in [2.75, 3.05) is 5.73 Å². The van der Waals surface area contributed by atoms with Crippen LogP contribution in [-0.4, -0.2) is 10.1 Å². The van der Waals surface area contributed by atoms with Gasteiger partial charge in [0.05, 0.1) is 0 Å². The fourth-order valence-corrected chi connectivity index (χ4v) is 2.29. The summed E-state index contributed by atoms with van der Waals surface area (Å²) in [6, 6.07) is 16.0. The van der Waals surface area contributed by atoms with Crippen molar-refractivity contribution < 1.29 is 4.52 Å². The molecule has 21 heavy (non-hydrogen) atoms. The van der Waals surface area contributed by atoms with Crippen LogP contribution in [0.4, 0.5) is 5.69 Å². The number of hydrogen-bond acceptors (Lipinski definition) is 4. The lowest BCUT2D eigenvalue weighted by atomic mass is 10.1. The van der Waals surface area contributed by atoms with Gasteiger partial charge in [-0.1, -0.05) is 35.5 Å². The first-order valence-electron chi connectivity index (χ1n) is 6.95. The first kappa shape index (κ1) is 13.4. The zero-order valence-corrected chi connectivity index (χ0v) is 11.9. The highest BCUT2D eigenvalue weighted by Gasteiger charge is 2.11. The van der Waals surface area contributed by atoms with Crippen molar-refractivity contribution in [1.82, 2.24) is 10.1 Å². The Kier molecular flexibility index (Phi) is 3.69. The van der Waals surface area contributed by atoms with Gasteiger partial charge in [0.2, 0.25) is 0 Å². The van der Waals surface area contributed by atoms with Crippen LogP contribution in [0.2, 0.25) is 0 Å². The van der Waals surface area contributed by atoms with E-state index in [1.165, 1.54) is 5.56 Å². The van der Waals surface area contributed by atoms with Crippen LogP contribution in [0.5, 0.6) is 0 Å². The SMILES string of the molecule is Cc1cc(N)ccc1-c1nc(CCc2ccccc2)no1. The molecule has 0 unspecified atom stereocenters. The van der Waals surface area contributed by atoms with Crippen LogP contribution in [0.3, 0.4) is 0 Å². The number of aryl methyl sites for hydroxylation is 3. The summed E-state index contributed by atoms with van der Waals surface area (Å²) in [4.78, 5) is 4.47. The molecule has 4 nitrogen and oxygen atoms in total. The van der Waals surface area contributed by atoms with Crippen LogP contribution in [0, 0.1) is 6.92 Å². The zero-order valence-electron chi connectivity index (χ0n) is 11.9. The quantitative estimate of drug-likeness (QED) is 0.743. The van der Waals surface area contributed by atoms with E-state index < -0.39 is 0 Å². The first-order valence-corrected chi connectivity index (χ1v) is 6.95. The van der Waals surface area contributed by atoms with E-state index >= 15 is 0 Å². The van der Waals surface area contributed by atoms with E-state index in [1.807, 2.05) is 43.3 Å². The summed E-state index contributed by atoms with van der Waals surface area (Å²) in [6.45, 7) is 1.99. The van der Waals surface area contributed by atoms with Gasteiger partial charge in [0.25, 0.3) is 5.89 Å². The molecule has 106 valence electrons. The highest BCUT2D eigenvalue weighted by Crippen LogP contribution is 2.23. The van der Waals surface area contributed by atoms with Gasteiger partial charge in [0, 0.05) is 17.7 Å². The standard InChI is InChI=1S/C17H17N3O/c1-12-11-14(18)8-9-15(12)17-19-16(20-21-17)10-7-13-5-3-2-4-6-13/h2-6,8-9,11H,7,10,18H2,1H3. The summed E-state index contributed by atoms with van der Waals surface area (Å²) in [7, 11) is 0. The highest BCUT2D eigenvalue weighted by atomic mass is 16.5. The van der Waals surface area contributed by atoms with Crippen LogP contribution in [0.25, 0.3) is 11.5 Å². The van der Waals surface area contributed by atoms with Crippen molar-refractivity contribution in [2.45, 2.75) is 19.8 Å². The van der Waals surface area contributed by atoms with E-state index in [9.17, 15) is 0 Å². The molecule has 0 fully saturated rings. The van der Waals surface area contributed by atoms with E-state index in [2.05, 4.69) is 22.3 Å².